The molecule has 1 N–H and O–H groups in total. The summed E-state index contributed by atoms with van der Waals surface area (Å²) in [6, 6.07) is 1.52. The molecule has 1 aromatic heterocycles. The summed E-state index contributed by atoms with van der Waals surface area (Å²) in [7, 11) is 0. The lowest BCUT2D eigenvalue weighted by molar-refractivity contribution is 0.324. The van der Waals surface area contributed by atoms with Crippen LogP contribution in [-0.2, 0) is 6.42 Å². The first-order valence-corrected chi connectivity index (χ1v) is 6.57. The van der Waals surface area contributed by atoms with E-state index in [4.69, 9.17) is 4.52 Å². The van der Waals surface area contributed by atoms with Crippen LogP contribution in [0.3, 0.4) is 0 Å². The molecule has 0 spiro atoms. The summed E-state index contributed by atoms with van der Waals surface area (Å²) >= 11 is 0. The van der Waals surface area contributed by atoms with E-state index in [1.807, 2.05) is 6.92 Å². The van der Waals surface area contributed by atoms with Crippen LogP contribution in [0.4, 0.5) is 0 Å². The van der Waals surface area contributed by atoms with Crippen molar-refractivity contribution in [2.24, 2.45) is 0 Å². The molecule has 2 heterocycles. The Morgan fingerprint density at radius 2 is 2.24 bits per heavy atom. The molecular weight excluding hydrogens is 216 g/mol. The SMILES string of the molecule is Cc1nc(CCN2CCC(NC3CC3)C2)no1. The maximum absolute atomic E-state index is 4.97. The summed E-state index contributed by atoms with van der Waals surface area (Å²) in [5.41, 5.74) is 0. The molecule has 1 saturated heterocycles. The summed E-state index contributed by atoms with van der Waals surface area (Å²) in [6.45, 7) is 5.25. The van der Waals surface area contributed by atoms with Crippen molar-refractivity contribution in [3.63, 3.8) is 0 Å². The van der Waals surface area contributed by atoms with Crippen LogP contribution in [0.2, 0.25) is 0 Å². The van der Waals surface area contributed by atoms with Crippen molar-refractivity contribution >= 4 is 0 Å². The van der Waals surface area contributed by atoms with E-state index in [0.29, 0.717) is 11.9 Å². The van der Waals surface area contributed by atoms with Crippen LogP contribution in [-0.4, -0.2) is 46.8 Å². The zero-order valence-electron chi connectivity index (χ0n) is 10.4. The van der Waals surface area contributed by atoms with Gasteiger partial charge < -0.3 is 14.7 Å². The van der Waals surface area contributed by atoms with Gasteiger partial charge in [-0.2, -0.15) is 4.98 Å². The predicted octanol–water partition coefficient (Wildman–Crippen LogP) is 0.747. The average molecular weight is 236 g/mol. The quantitative estimate of drug-likeness (QED) is 0.817. The Hall–Kier alpha value is -0.940. The standard InChI is InChI=1S/C12H20N4O/c1-9-13-12(15-17-9)5-7-16-6-4-11(8-16)14-10-2-3-10/h10-11,14H,2-8H2,1H3. The van der Waals surface area contributed by atoms with Crippen LogP contribution < -0.4 is 5.32 Å². The van der Waals surface area contributed by atoms with Crippen LogP contribution in [0.25, 0.3) is 0 Å². The van der Waals surface area contributed by atoms with Gasteiger partial charge in [0, 0.05) is 38.5 Å². The molecule has 0 amide bonds. The van der Waals surface area contributed by atoms with Gasteiger partial charge in [0.25, 0.3) is 0 Å². The summed E-state index contributed by atoms with van der Waals surface area (Å²) in [5.74, 6) is 1.50. The highest BCUT2D eigenvalue weighted by Crippen LogP contribution is 2.21. The van der Waals surface area contributed by atoms with E-state index in [-0.39, 0.29) is 0 Å². The van der Waals surface area contributed by atoms with Gasteiger partial charge in [0.1, 0.15) is 0 Å². The van der Waals surface area contributed by atoms with E-state index in [1.165, 1.54) is 32.4 Å². The summed E-state index contributed by atoms with van der Waals surface area (Å²) in [4.78, 5) is 6.72. The van der Waals surface area contributed by atoms with Gasteiger partial charge in [0.2, 0.25) is 5.89 Å². The Balaban J connectivity index is 1.40. The first kappa shape index (κ1) is 11.2. The van der Waals surface area contributed by atoms with Gasteiger partial charge in [0.15, 0.2) is 5.82 Å². The fourth-order valence-corrected chi connectivity index (χ4v) is 2.46. The maximum atomic E-state index is 4.97. The van der Waals surface area contributed by atoms with Gasteiger partial charge in [-0.3, -0.25) is 0 Å². The zero-order valence-corrected chi connectivity index (χ0v) is 10.4. The van der Waals surface area contributed by atoms with Crippen molar-refractivity contribution < 1.29 is 4.52 Å². The lowest BCUT2D eigenvalue weighted by Crippen LogP contribution is -2.34. The smallest absolute Gasteiger partial charge is 0.223 e. The highest BCUT2D eigenvalue weighted by Gasteiger charge is 2.28. The summed E-state index contributed by atoms with van der Waals surface area (Å²) in [5, 5.41) is 7.62. The van der Waals surface area contributed by atoms with Crippen LogP contribution in [0.5, 0.6) is 0 Å². The number of hydrogen-bond donors (Lipinski definition) is 1. The van der Waals surface area contributed by atoms with Crippen molar-refractivity contribution in [2.75, 3.05) is 19.6 Å². The number of nitrogens with one attached hydrogen (secondary N) is 1. The Morgan fingerprint density at radius 3 is 2.94 bits per heavy atom. The summed E-state index contributed by atoms with van der Waals surface area (Å²) in [6.07, 6.45) is 4.92. The summed E-state index contributed by atoms with van der Waals surface area (Å²) < 4.78 is 4.97. The van der Waals surface area contributed by atoms with Gasteiger partial charge >= 0.3 is 0 Å². The van der Waals surface area contributed by atoms with Gasteiger partial charge in [-0.25, -0.2) is 0 Å². The van der Waals surface area contributed by atoms with Crippen LogP contribution >= 0.6 is 0 Å². The Kier molecular flexibility index (Phi) is 3.11. The monoisotopic (exact) mass is 236 g/mol. The molecule has 1 aliphatic carbocycles. The topological polar surface area (TPSA) is 54.2 Å². The molecular formula is C12H20N4O. The number of aromatic nitrogens is 2. The van der Waals surface area contributed by atoms with Crippen LogP contribution in [0, 0.1) is 6.92 Å². The number of nitrogens with zero attached hydrogens (tertiary/aromatic N) is 3. The minimum Gasteiger partial charge on any atom is -0.340 e. The van der Waals surface area contributed by atoms with E-state index >= 15 is 0 Å². The second kappa shape index (κ2) is 4.74. The van der Waals surface area contributed by atoms with E-state index in [9.17, 15) is 0 Å². The molecule has 1 aliphatic heterocycles. The lowest BCUT2D eigenvalue weighted by atomic mass is 10.2. The second-order valence-corrected chi connectivity index (χ2v) is 5.21. The van der Waals surface area contributed by atoms with E-state index < -0.39 is 0 Å². The molecule has 0 radical (unpaired) electrons. The third kappa shape index (κ3) is 3.04. The van der Waals surface area contributed by atoms with Crippen molar-refractivity contribution in [2.45, 2.75) is 44.7 Å². The molecule has 1 aromatic rings. The van der Waals surface area contributed by atoms with Crippen LogP contribution in [0.1, 0.15) is 31.0 Å². The van der Waals surface area contributed by atoms with Crippen molar-refractivity contribution in [3.05, 3.63) is 11.7 Å². The molecule has 3 rings (SSSR count). The second-order valence-electron chi connectivity index (χ2n) is 5.21. The third-order valence-corrected chi connectivity index (χ3v) is 3.54. The third-order valence-electron chi connectivity index (χ3n) is 3.54. The fourth-order valence-electron chi connectivity index (χ4n) is 2.46. The average Bonchev–Trinajstić information content (AvgIpc) is 2.84. The molecule has 2 aliphatic rings. The number of aryl methyl sites for hydroxylation is 1. The first-order chi connectivity index (χ1) is 8.29. The Bertz CT molecular complexity index is 374. The Morgan fingerprint density at radius 1 is 1.35 bits per heavy atom. The highest BCUT2D eigenvalue weighted by atomic mass is 16.5. The fraction of sp³-hybridized carbons (Fsp3) is 0.833. The van der Waals surface area contributed by atoms with Gasteiger partial charge in [0.05, 0.1) is 0 Å². The van der Waals surface area contributed by atoms with Crippen LogP contribution in [0.15, 0.2) is 4.52 Å². The lowest BCUT2D eigenvalue weighted by Gasteiger charge is -2.15. The van der Waals surface area contributed by atoms with Gasteiger partial charge in [-0.05, 0) is 25.8 Å². The normalized spacial score (nSPS) is 25.6. The molecule has 1 saturated carbocycles. The minimum atomic E-state index is 0.662. The molecule has 94 valence electrons. The molecule has 17 heavy (non-hydrogen) atoms. The highest BCUT2D eigenvalue weighted by molar-refractivity contribution is 4.91. The largest absolute Gasteiger partial charge is 0.340 e. The van der Waals surface area contributed by atoms with E-state index in [0.717, 1.165) is 24.8 Å². The molecule has 2 fully saturated rings. The number of likely N-dealkylation sites (tertiary alicyclic amines) is 1. The van der Waals surface area contributed by atoms with E-state index in [2.05, 4.69) is 20.4 Å². The van der Waals surface area contributed by atoms with E-state index in [1.54, 1.807) is 0 Å². The predicted molar refractivity (Wildman–Crippen MR) is 63.7 cm³/mol. The Labute approximate surface area is 102 Å². The van der Waals surface area contributed by atoms with Crippen molar-refractivity contribution in [1.82, 2.24) is 20.4 Å². The molecule has 0 bridgehead atoms. The van der Waals surface area contributed by atoms with Gasteiger partial charge in [-0.15, -0.1) is 0 Å². The zero-order chi connectivity index (χ0) is 11.7. The van der Waals surface area contributed by atoms with Gasteiger partial charge in [-0.1, -0.05) is 5.16 Å². The molecule has 0 aromatic carbocycles. The molecule has 5 heteroatoms. The molecule has 1 atom stereocenters. The number of rotatable bonds is 5. The molecule has 1 unspecified atom stereocenters. The number of hydrogen-bond acceptors (Lipinski definition) is 5. The maximum Gasteiger partial charge on any atom is 0.223 e. The van der Waals surface area contributed by atoms with Crippen molar-refractivity contribution in [1.29, 1.82) is 0 Å². The van der Waals surface area contributed by atoms with Crippen molar-refractivity contribution in [3.8, 4) is 0 Å². The first-order valence-electron chi connectivity index (χ1n) is 6.57. The molecule has 5 nitrogen and oxygen atoms in total. The minimum absolute atomic E-state index is 0.662.